The molecular formula is C24H27N3O2. The molecular weight excluding hydrogens is 362 g/mol. The van der Waals surface area contributed by atoms with Crippen molar-refractivity contribution < 1.29 is 9.47 Å². The normalized spacial score (nSPS) is 14.4. The highest BCUT2D eigenvalue weighted by molar-refractivity contribution is 5.64. The fourth-order valence-electron chi connectivity index (χ4n) is 3.70. The van der Waals surface area contributed by atoms with Gasteiger partial charge in [0.1, 0.15) is 6.61 Å². The van der Waals surface area contributed by atoms with Crippen LogP contribution in [0.2, 0.25) is 0 Å². The van der Waals surface area contributed by atoms with E-state index in [1.807, 2.05) is 60.8 Å². The van der Waals surface area contributed by atoms with Crippen LogP contribution in [0.25, 0.3) is 11.3 Å². The van der Waals surface area contributed by atoms with Gasteiger partial charge < -0.3 is 14.8 Å². The van der Waals surface area contributed by atoms with E-state index in [4.69, 9.17) is 14.5 Å². The van der Waals surface area contributed by atoms with E-state index in [0.29, 0.717) is 30.1 Å². The lowest BCUT2D eigenvalue weighted by atomic mass is 9.96. The quantitative estimate of drug-likeness (QED) is 0.580. The molecule has 2 aromatic carbocycles. The van der Waals surface area contributed by atoms with Crippen LogP contribution >= 0.6 is 0 Å². The molecule has 0 radical (unpaired) electrons. The molecule has 5 heteroatoms. The van der Waals surface area contributed by atoms with Crippen molar-refractivity contribution in [1.29, 1.82) is 0 Å². The zero-order valence-electron chi connectivity index (χ0n) is 16.8. The van der Waals surface area contributed by atoms with Gasteiger partial charge in [-0.1, -0.05) is 49.6 Å². The Morgan fingerprint density at radius 1 is 0.966 bits per heavy atom. The van der Waals surface area contributed by atoms with E-state index in [9.17, 15) is 0 Å². The lowest BCUT2D eigenvalue weighted by Gasteiger charge is -2.22. The van der Waals surface area contributed by atoms with E-state index >= 15 is 0 Å². The smallest absolute Gasteiger partial charge is 0.223 e. The third kappa shape index (κ3) is 5.05. The van der Waals surface area contributed by atoms with Crippen molar-refractivity contribution >= 4 is 5.95 Å². The van der Waals surface area contributed by atoms with E-state index in [0.717, 1.165) is 16.8 Å². The average molecular weight is 389 g/mol. The lowest BCUT2D eigenvalue weighted by molar-refractivity contribution is 0.284. The number of anilines is 1. The minimum atomic E-state index is 0.472. The highest BCUT2D eigenvalue weighted by atomic mass is 16.5. The molecule has 1 N–H and O–H groups in total. The maximum absolute atomic E-state index is 6.04. The fourth-order valence-corrected chi connectivity index (χ4v) is 3.70. The Balaban J connectivity index is 1.52. The summed E-state index contributed by atoms with van der Waals surface area (Å²) in [6.45, 7) is 0.485. The maximum atomic E-state index is 6.04. The van der Waals surface area contributed by atoms with E-state index in [-0.39, 0.29) is 0 Å². The summed E-state index contributed by atoms with van der Waals surface area (Å²) >= 11 is 0. The Labute approximate surface area is 172 Å². The van der Waals surface area contributed by atoms with Gasteiger partial charge in [-0.05, 0) is 42.7 Å². The van der Waals surface area contributed by atoms with Crippen molar-refractivity contribution in [2.75, 3.05) is 12.4 Å². The molecule has 150 valence electrons. The molecule has 0 saturated heterocycles. The number of aromatic nitrogens is 2. The van der Waals surface area contributed by atoms with Crippen molar-refractivity contribution in [1.82, 2.24) is 9.97 Å². The number of rotatable bonds is 7. The van der Waals surface area contributed by atoms with Crippen LogP contribution in [0.5, 0.6) is 11.5 Å². The maximum Gasteiger partial charge on any atom is 0.223 e. The van der Waals surface area contributed by atoms with Crippen molar-refractivity contribution in [3.63, 3.8) is 0 Å². The molecule has 1 fully saturated rings. The van der Waals surface area contributed by atoms with Gasteiger partial charge in [0.25, 0.3) is 0 Å². The summed E-state index contributed by atoms with van der Waals surface area (Å²) in [5.74, 6) is 2.10. The molecule has 0 atom stereocenters. The summed E-state index contributed by atoms with van der Waals surface area (Å²) in [5, 5.41) is 3.50. The summed E-state index contributed by atoms with van der Waals surface area (Å²) in [7, 11) is 1.65. The van der Waals surface area contributed by atoms with Crippen LogP contribution in [-0.2, 0) is 6.61 Å². The lowest BCUT2D eigenvalue weighted by Crippen LogP contribution is -2.23. The summed E-state index contributed by atoms with van der Waals surface area (Å²) in [5.41, 5.74) is 2.95. The molecule has 1 saturated carbocycles. The van der Waals surface area contributed by atoms with Gasteiger partial charge in [-0.2, -0.15) is 0 Å². The number of benzene rings is 2. The highest BCUT2D eigenvalue weighted by Gasteiger charge is 2.15. The Kier molecular flexibility index (Phi) is 6.25. The Morgan fingerprint density at radius 2 is 1.79 bits per heavy atom. The predicted octanol–water partition coefficient (Wildman–Crippen LogP) is 5.48. The first-order valence-electron chi connectivity index (χ1n) is 10.3. The third-order valence-corrected chi connectivity index (χ3v) is 5.29. The van der Waals surface area contributed by atoms with Crippen LogP contribution in [0, 0.1) is 0 Å². The van der Waals surface area contributed by atoms with Crippen molar-refractivity contribution in [2.24, 2.45) is 0 Å². The van der Waals surface area contributed by atoms with Gasteiger partial charge in [0.05, 0.1) is 12.8 Å². The van der Waals surface area contributed by atoms with Crippen molar-refractivity contribution in [2.45, 2.75) is 44.8 Å². The first kappa shape index (κ1) is 19.2. The zero-order chi connectivity index (χ0) is 19.9. The largest absolute Gasteiger partial charge is 0.493 e. The topological polar surface area (TPSA) is 56.3 Å². The SMILES string of the molecule is COc1ccc(-c2ccnc(NC3CCCCC3)n2)cc1OCc1ccccc1. The number of hydrogen-bond donors (Lipinski definition) is 1. The first-order chi connectivity index (χ1) is 14.3. The molecule has 29 heavy (non-hydrogen) atoms. The fraction of sp³-hybridized carbons (Fsp3) is 0.333. The molecule has 1 aliphatic rings. The highest BCUT2D eigenvalue weighted by Crippen LogP contribution is 2.33. The van der Waals surface area contributed by atoms with E-state index in [1.165, 1.54) is 32.1 Å². The second-order valence-electron chi connectivity index (χ2n) is 7.38. The summed E-state index contributed by atoms with van der Waals surface area (Å²) < 4.78 is 11.5. The second-order valence-corrected chi connectivity index (χ2v) is 7.38. The van der Waals surface area contributed by atoms with Crippen molar-refractivity contribution in [3.05, 3.63) is 66.4 Å². The molecule has 4 rings (SSSR count). The molecule has 0 unspecified atom stereocenters. The minimum absolute atomic E-state index is 0.472. The number of methoxy groups -OCH3 is 1. The average Bonchev–Trinajstić information content (AvgIpc) is 2.79. The molecule has 0 amide bonds. The standard InChI is InChI=1S/C24H27N3O2/c1-28-22-13-12-19(16-23(22)29-17-18-8-4-2-5-9-18)21-14-15-25-24(27-21)26-20-10-6-3-7-11-20/h2,4-5,8-9,12-16,20H,3,6-7,10-11,17H2,1H3,(H,25,26,27). The molecule has 0 spiro atoms. The van der Waals surface area contributed by atoms with Crippen LogP contribution in [0.3, 0.4) is 0 Å². The van der Waals surface area contributed by atoms with Crippen LogP contribution < -0.4 is 14.8 Å². The first-order valence-corrected chi connectivity index (χ1v) is 10.3. The van der Waals surface area contributed by atoms with Gasteiger partial charge in [-0.15, -0.1) is 0 Å². The van der Waals surface area contributed by atoms with Crippen LogP contribution in [0.1, 0.15) is 37.7 Å². The van der Waals surface area contributed by atoms with Crippen molar-refractivity contribution in [3.8, 4) is 22.8 Å². The second kappa shape index (κ2) is 9.41. The van der Waals surface area contributed by atoms with Crippen LogP contribution in [-0.4, -0.2) is 23.1 Å². The van der Waals surface area contributed by atoms with Gasteiger partial charge in [0.15, 0.2) is 11.5 Å². The van der Waals surface area contributed by atoms with Gasteiger partial charge >= 0.3 is 0 Å². The molecule has 1 heterocycles. The van der Waals surface area contributed by atoms with Gasteiger partial charge in [0, 0.05) is 17.8 Å². The summed E-state index contributed by atoms with van der Waals surface area (Å²) in [4.78, 5) is 9.15. The number of ether oxygens (including phenoxy) is 2. The summed E-state index contributed by atoms with van der Waals surface area (Å²) in [6, 6.07) is 18.4. The predicted molar refractivity (Wildman–Crippen MR) is 115 cm³/mol. The van der Waals surface area contributed by atoms with Gasteiger partial charge in [-0.25, -0.2) is 9.97 Å². The van der Waals surface area contributed by atoms with E-state index in [2.05, 4.69) is 10.3 Å². The number of nitrogens with zero attached hydrogens (tertiary/aromatic N) is 2. The third-order valence-electron chi connectivity index (χ3n) is 5.29. The zero-order valence-corrected chi connectivity index (χ0v) is 16.8. The number of hydrogen-bond acceptors (Lipinski definition) is 5. The molecule has 5 nitrogen and oxygen atoms in total. The van der Waals surface area contributed by atoms with Crippen LogP contribution in [0.4, 0.5) is 5.95 Å². The van der Waals surface area contributed by atoms with Gasteiger partial charge in [-0.3, -0.25) is 0 Å². The van der Waals surface area contributed by atoms with E-state index in [1.54, 1.807) is 7.11 Å². The van der Waals surface area contributed by atoms with Gasteiger partial charge in [0.2, 0.25) is 5.95 Å². The molecule has 1 aromatic heterocycles. The minimum Gasteiger partial charge on any atom is -0.493 e. The van der Waals surface area contributed by atoms with E-state index < -0.39 is 0 Å². The molecule has 0 bridgehead atoms. The van der Waals surface area contributed by atoms with Crippen LogP contribution in [0.15, 0.2) is 60.8 Å². The summed E-state index contributed by atoms with van der Waals surface area (Å²) in [6.07, 6.45) is 8.07. The molecule has 1 aliphatic carbocycles. The number of nitrogens with one attached hydrogen (secondary N) is 1. The molecule has 3 aromatic rings. The Morgan fingerprint density at radius 3 is 2.59 bits per heavy atom. The Bertz CT molecular complexity index is 924. The molecule has 0 aliphatic heterocycles. The Hall–Kier alpha value is -3.08. The monoisotopic (exact) mass is 389 g/mol.